The number of benzene rings is 4. The summed E-state index contributed by atoms with van der Waals surface area (Å²) in [7, 11) is 0. The first-order valence-corrected chi connectivity index (χ1v) is 32.8. The number of carbonyl (C=O) groups is 4. The van der Waals surface area contributed by atoms with Gasteiger partial charge in [-0.15, -0.1) is 20.4 Å². The molecule has 1 aliphatic rings. The predicted octanol–water partition coefficient (Wildman–Crippen LogP) is 10.5. The molecule has 4 aromatic carbocycles. The fourth-order valence-corrected chi connectivity index (χ4v) is 11.2. The smallest absolute Gasteiger partial charge is 0.327 e. The van der Waals surface area contributed by atoms with Crippen molar-refractivity contribution < 1.29 is 57.1 Å². The molecule has 4 aromatic heterocycles. The number of hydrogen-bond donors (Lipinski definition) is 0. The molecule has 0 saturated carbocycles. The van der Waals surface area contributed by atoms with Crippen molar-refractivity contribution in [2.75, 3.05) is 26.4 Å². The zero-order valence-corrected chi connectivity index (χ0v) is 58.5. The van der Waals surface area contributed by atoms with Crippen LogP contribution in [0.15, 0.2) is 73.3 Å². The van der Waals surface area contributed by atoms with E-state index in [4.69, 9.17) is 37.9 Å². The molecule has 0 atom stereocenters. The second kappa shape index (κ2) is 30.1. The van der Waals surface area contributed by atoms with E-state index in [1.165, 1.54) is 18.7 Å². The Morgan fingerprint density at radius 1 is 0.323 bits per heavy atom. The highest BCUT2D eigenvalue weighted by molar-refractivity contribution is 5.70. The topological polar surface area (TPSA) is 265 Å². The van der Waals surface area contributed by atoms with Gasteiger partial charge in [-0.3, -0.25) is 19.2 Å². The molecule has 0 aliphatic heterocycles. The molecule has 0 saturated heterocycles. The highest BCUT2D eigenvalue weighted by atomic mass is 16.5. The molecule has 0 spiro atoms. The first kappa shape index (κ1) is 70.8. The molecule has 4 heterocycles. The standard InChI is InChI=1S/C72H92N12O12/c1-17-89-61(85)37-81-33-57(73-77-81)41-93-65-45-21-47-27-54(70(8,9)10)29-49(66(47)94-42-58-34-82(78-74-58)38-62(86)90-18-2)23-51-31-56(72(14,15)16)32-52(68(51)96-44-60-36-84(80-76-60)40-64(88)92-20-4)24-50-30-55(71(11,12)13)28-48(22-46(65)26-53(25-45)69(5,6)7)67(50)95-43-59-35-83(79-75-59)39-63(87)91-19-3/h25-36H,17-24,37-44H2,1-16H3. The SMILES string of the molecule is CCOC(=O)Cn1cc(COc2c3cc(C(C)(C)C)cc2Cc2cc(C(C)(C)C)cc(c2OCc2cn(CC(=O)OCC)nn2)Cc2cc(C(C)(C)C)cc(c2OCc2cn(CC(=O)OCC)nn2)Cc2cc(C(C)(C)C)cc(c2OCc2cn(CC(=O)OCC)nn2)C3)nn1. The summed E-state index contributed by atoms with van der Waals surface area (Å²) < 4.78 is 55.6. The van der Waals surface area contributed by atoms with Crippen LogP contribution in [0, 0.1) is 0 Å². The van der Waals surface area contributed by atoms with Crippen LogP contribution in [0.4, 0.5) is 0 Å². The Hall–Kier alpha value is -9.48. The lowest BCUT2D eigenvalue weighted by molar-refractivity contribution is -0.145. The van der Waals surface area contributed by atoms with E-state index in [1.54, 1.807) is 52.5 Å². The predicted molar refractivity (Wildman–Crippen MR) is 356 cm³/mol. The molecule has 512 valence electrons. The van der Waals surface area contributed by atoms with E-state index in [-0.39, 0.29) is 101 Å². The Labute approximate surface area is 561 Å². The highest BCUT2D eigenvalue weighted by Crippen LogP contribution is 2.45. The molecular formula is C72H92N12O12. The molecule has 0 fully saturated rings. The number of fused-ring (bicyclic) bond motifs is 8. The van der Waals surface area contributed by atoms with Crippen molar-refractivity contribution in [1.29, 1.82) is 0 Å². The lowest BCUT2D eigenvalue weighted by atomic mass is 9.79. The molecule has 0 radical (unpaired) electrons. The molecule has 9 rings (SSSR count). The van der Waals surface area contributed by atoms with E-state index < -0.39 is 23.9 Å². The molecule has 24 nitrogen and oxygen atoms in total. The van der Waals surface area contributed by atoms with E-state index >= 15 is 0 Å². The van der Waals surface area contributed by atoms with Crippen LogP contribution in [-0.2, 0) is 138 Å². The summed E-state index contributed by atoms with van der Waals surface area (Å²) in [5, 5.41) is 35.0. The molecule has 0 amide bonds. The van der Waals surface area contributed by atoms with Crippen LogP contribution in [0.2, 0.25) is 0 Å². The third-order valence-electron chi connectivity index (χ3n) is 16.1. The molecule has 0 unspecified atom stereocenters. The van der Waals surface area contributed by atoms with Crippen molar-refractivity contribution in [3.05, 3.63) is 163 Å². The Morgan fingerprint density at radius 2 is 0.500 bits per heavy atom. The third-order valence-corrected chi connectivity index (χ3v) is 16.1. The van der Waals surface area contributed by atoms with Gasteiger partial charge in [0.25, 0.3) is 0 Å². The minimum absolute atomic E-state index is 0.0108. The summed E-state index contributed by atoms with van der Waals surface area (Å²) in [4.78, 5) is 50.7. The van der Waals surface area contributed by atoms with Gasteiger partial charge in [0.05, 0.1) is 51.2 Å². The van der Waals surface area contributed by atoms with Gasteiger partial charge in [-0.25, -0.2) is 18.7 Å². The van der Waals surface area contributed by atoms with Crippen LogP contribution < -0.4 is 18.9 Å². The summed E-state index contributed by atoms with van der Waals surface area (Å²) in [6.45, 7) is 33.7. The Morgan fingerprint density at radius 3 is 0.656 bits per heavy atom. The van der Waals surface area contributed by atoms with E-state index in [0.29, 0.717) is 71.5 Å². The maximum Gasteiger partial charge on any atom is 0.327 e. The van der Waals surface area contributed by atoms with E-state index in [9.17, 15) is 19.2 Å². The summed E-state index contributed by atoms with van der Waals surface area (Å²) in [5.74, 6) is 0.668. The van der Waals surface area contributed by atoms with Crippen LogP contribution in [0.1, 0.15) is 200 Å². The fourth-order valence-electron chi connectivity index (χ4n) is 11.2. The van der Waals surface area contributed by atoms with Gasteiger partial charge in [-0.2, -0.15) is 0 Å². The summed E-state index contributed by atoms with van der Waals surface area (Å²) in [6.07, 6.45) is 7.97. The Balaban J connectivity index is 1.33. The van der Waals surface area contributed by atoms with Crippen molar-refractivity contribution >= 4 is 23.9 Å². The van der Waals surface area contributed by atoms with Crippen LogP contribution in [0.5, 0.6) is 23.0 Å². The molecule has 1 aliphatic carbocycles. The van der Waals surface area contributed by atoms with Gasteiger partial charge in [0.1, 0.15) is 98.4 Å². The quantitative estimate of drug-likeness (QED) is 0.0402. The van der Waals surface area contributed by atoms with Gasteiger partial charge in [0, 0.05) is 25.7 Å². The zero-order chi connectivity index (χ0) is 69.3. The molecule has 24 heteroatoms. The number of nitrogens with zero attached hydrogens (tertiary/aromatic N) is 12. The molecule has 8 bridgehead atoms. The number of carbonyl (C=O) groups excluding carboxylic acids is 4. The average Bonchev–Trinajstić information content (AvgIpc) is 1.12. The fraction of sp³-hybridized carbons (Fsp3) is 0.500. The minimum Gasteiger partial charge on any atom is -0.487 e. The second-order valence-corrected chi connectivity index (χ2v) is 28.2. The summed E-state index contributed by atoms with van der Waals surface area (Å²) in [5.41, 5.74) is 11.5. The zero-order valence-electron chi connectivity index (χ0n) is 58.5. The van der Waals surface area contributed by atoms with Crippen LogP contribution in [0.3, 0.4) is 0 Å². The van der Waals surface area contributed by atoms with Crippen LogP contribution >= 0.6 is 0 Å². The molecule has 0 N–H and O–H groups in total. The number of hydrogen-bond acceptors (Lipinski definition) is 20. The van der Waals surface area contributed by atoms with Gasteiger partial charge in [-0.1, -0.05) is 152 Å². The minimum atomic E-state index is -0.440. The lowest BCUT2D eigenvalue weighted by Gasteiger charge is -2.29. The summed E-state index contributed by atoms with van der Waals surface area (Å²) in [6, 6.07) is 17.7. The first-order chi connectivity index (χ1) is 45.5. The Bertz CT molecular complexity index is 3460. The number of esters is 4. The maximum absolute atomic E-state index is 12.7. The number of rotatable bonds is 24. The molecule has 8 aromatic rings. The summed E-state index contributed by atoms with van der Waals surface area (Å²) >= 11 is 0. The van der Waals surface area contributed by atoms with Gasteiger partial charge in [-0.05, 0) is 116 Å². The average molecular weight is 1320 g/mol. The Kier molecular flexibility index (Phi) is 22.2. The van der Waals surface area contributed by atoms with Gasteiger partial charge in [0.2, 0.25) is 0 Å². The van der Waals surface area contributed by atoms with Gasteiger partial charge in [0.15, 0.2) is 0 Å². The molecule has 96 heavy (non-hydrogen) atoms. The number of ether oxygens (including phenoxy) is 8. The molecular weight excluding hydrogens is 1220 g/mol. The van der Waals surface area contributed by atoms with Crippen molar-refractivity contribution in [3.63, 3.8) is 0 Å². The van der Waals surface area contributed by atoms with Gasteiger partial charge < -0.3 is 37.9 Å². The van der Waals surface area contributed by atoms with E-state index in [0.717, 1.165) is 66.8 Å². The highest BCUT2D eigenvalue weighted by Gasteiger charge is 2.31. The van der Waals surface area contributed by atoms with Crippen molar-refractivity contribution in [1.82, 2.24) is 60.0 Å². The van der Waals surface area contributed by atoms with Gasteiger partial charge >= 0.3 is 23.9 Å². The largest absolute Gasteiger partial charge is 0.487 e. The van der Waals surface area contributed by atoms with E-state index in [1.807, 2.05) is 0 Å². The van der Waals surface area contributed by atoms with Crippen molar-refractivity contribution in [3.8, 4) is 23.0 Å². The van der Waals surface area contributed by atoms with Crippen molar-refractivity contribution in [2.45, 2.75) is 211 Å². The first-order valence-electron chi connectivity index (χ1n) is 32.8. The second-order valence-electron chi connectivity index (χ2n) is 28.2. The third kappa shape index (κ3) is 18.5. The number of aromatic nitrogens is 12. The van der Waals surface area contributed by atoms with E-state index in [2.05, 4.69) is 173 Å². The normalized spacial score (nSPS) is 12.7. The van der Waals surface area contributed by atoms with Crippen molar-refractivity contribution in [2.24, 2.45) is 0 Å². The monoisotopic (exact) mass is 1320 g/mol. The lowest BCUT2D eigenvalue weighted by Crippen LogP contribution is -2.18. The van der Waals surface area contributed by atoms with Crippen LogP contribution in [0.25, 0.3) is 0 Å². The van der Waals surface area contributed by atoms with Crippen LogP contribution in [-0.4, -0.2) is 110 Å². The maximum atomic E-state index is 12.7.